The van der Waals surface area contributed by atoms with E-state index in [-0.39, 0.29) is 6.42 Å². The van der Waals surface area contributed by atoms with E-state index in [1.165, 1.54) is 19.7 Å². The van der Waals surface area contributed by atoms with Crippen molar-refractivity contribution in [1.82, 2.24) is 4.98 Å². The molecule has 1 aromatic heterocycles. The average Bonchev–Trinajstić information content (AvgIpc) is 2.55. The Morgan fingerprint density at radius 2 is 2.67 bits per heavy atom. The molecule has 1 heterocycles. The lowest BCUT2D eigenvalue weighted by atomic mass is 10.2. The predicted molar refractivity (Wildman–Crippen MR) is 38.2 cm³/mol. The molecule has 66 valence electrons. The van der Waals surface area contributed by atoms with Crippen LogP contribution in [0.5, 0.6) is 0 Å². The van der Waals surface area contributed by atoms with Gasteiger partial charge in [0, 0.05) is 6.42 Å². The van der Waals surface area contributed by atoms with Crippen molar-refractivity contribution in [2.45, 2.75) is 12.5 Å². The minimum atomic E-state index is -1.18. The summed E-state index contributed by atoms with van der Waals surface area (Å²) >= 11 is 0. The van der Waals surface area contributed by atoms with Gasteiger partial charge in [-0.3, -0.25) is 0 Å². The number of aliphatic hydroxyl groups excluding tert-OH is 1. The van der Waals surface area contributed by atoms with Crippen LogP contribution in [-0.2, 0) is 16.0 Å². The van der Waals surface area contributed by atoms with Crippen LogP contribution < -0.4 is 0 Å². The number of esters is 1. The Balaban J connectivity index is 2.47. The first-order valence-corrected chi connectivity index (χ1v) is 3.37. The van der Waals surface area contributed by atoms with Crippen LogP contribution in [0.2, 0.25) is 0 Å². The third kappa shape index (κ3) is 2.06. The Morgan fingerprint density at radius 1 is 1.92 bits per heavy atom. The third-order valence-electron chi connectivity index (χ3n) is 1.35. The fourth-order valence-corrected chi connectivity index (χ4v) is 0.753. The molecule has 1 atom stereocenters. The van der Waals surface area contributed by atoms with Gasteiger partial charge < -0.3 is 14.3 Å². The first-order chi connectivity index (χ1) is 5.74. The molecular weight excluding hydrogens is 162 g/mol. The molecule has 0 saturated carbocycles. The van der Waals surface area contributed by atoms with Crippen molar-refractivity contribution >= 4 is 5.97 Å². The summed E-state index contributed by atoms with van der Waals surface area (Å²) in [6.45, 7) is 0. The second-order valence-corrected chi connectivity index (χ2v) is 2.21. The molecule has 0 aromatic carbocycles. The second kappa shape index (κ2) is 3.87. The van der Waals surface area contributed by atoms with Crippen LogP contribution in [0.15, 0.2) is 17.0 Å². The van der Waals surface area contributed by atoms with E-state index in [0.29, 0.717) is 5.76 Å². The zero-order valence-corrected chi connectivity index (χ0v) is 6.56. The highest BCUT2D eigenvalue weighted by atomic mass is 16.5. The van der Waals surface area contributed by atoms with Gasteiger partial charge in [-0.2, -0.15) is 0 Å². The summed E-state index contributed by atoms with van der Waals surface area (Å²) in [5, 5.41) is 9.13. The van der Waals surface area contributed by atoms with Gasteiger partial charge in [0.15, 0.2) is 12.5 Å². The molecule has 0 radical (unpaired) electrons. The topological polar surface area (TPSA) is 72.6 Å². The number of hydrogen-bond acceptors (Lipinski definition) is 5. The van der Waals surface area contributed by atoms with Crippen LogP contribution in [0.4, 0.5) is 0 Å². The standard InChI is InChI=1S/C7H9NO4/c1-11-7(10)6(9)2-5-3-8-4-12-5/h3-4,6,9H,2H2,1H3. The predicted octanol–water partition coefficient (Wildman–Crippen LogP) is -0.249. The van der Waals surface area contributed by atoms with Gasteiger partial charge in [-0.15, -0.1) is 0 Å². The lowest BCUT2D eigenvalue weighted by Gasteiger charge is -2.04. The highest BCUT2D eigenvalue weighted by molar-refractivity contribution is 5.74. The van der Waals surface area contributed by atoms with E-state index in [2.05, 4.69) is 9.72 Å². The summed E-state index contributed by atoms with van der Waals surface area (Å²) in [5.74, 6) is -0.223. The zero-order chi connectivity index (χ0) is 8.97. The molecule has 0 saturated heterocycles. The van der Waals surface area contributed by atoms with Crippen LogP contribution in [0.25, 0.3) is 0 Å². The van der Waals surface area contributed by atoms with Crippen molar-refractivity contribution in [3.05, 3.63) is 18.4 Å². The van der Waals surface area contributed by atoms with Gasteiger partial charge >= 0.3 is 5.97 Å². The van der Waals surface area contributed by atoms with Crippen molar-refractivity contribution in [3.8, 4) is 0 Å². The van der Waals surface area contributed by atoms with E-state index in [0.717, 1.165) is 0 Å². The number of ether oxygens (including phenoxy) is 1. The fourth-order valence-electron chi connectivity index (χ4n) is 0.753. The van der Waals surface area contributed by atoms with Crippen LogP contribution in [-0.4, -0.2) is 29.3 Å². The van der Waals surface area contributed by atoms with E-state index in [1.807, 2.05) is 0 Å². The van der Waals surface area contributed by atoms with Crippen molar-refractivity contribution in [2.24, 2.45) is 0 Å². The summed E-state index contributed by atoms with van der Waals surface area (Å²) in [6.07, 6.45) is 1.58. The molecular formula is C7H9NO4. The Morgan fingerprint density at radius 3 is 3.17 bits per heavy atom. The Bertz CT molecular complexity index is 244. The monoisotopic (exact) mass is 171 g/mol. The molecule has 1 unspecified atom stereocenters. The van der Waals surface area contributed by atoms with Crippen LogP contribution >= 0.6 is 0 Å². The number of carbonyl (C=O) groups is 1. The highest BCUT2D eigenvalue weighted by Gasteiger charge is 2.17. The first-order valence-electron chi connectivity index (χ1n) is 3.37. The molecule has 5 heteroatoms. The summed E-state index contributed by atoms with van der Waals surface area (Å²) < 4.78 is 9.13. The van der Waals surface area contributed by atoms with Gasteiger partial charge in [0.2, 0.25) is 0 Å². The van der Waals surface area contributed by atoms with E-state index in [1.54, 1.807) is 0 Å². The van der Waals surface area contributed by atoms with Crippen molar-refractivity contribution in [1.29, 1.82) is 0 Å². The Hall–Kier alpha value is -1.36. The summed E-state index contributed by atoms with van der Waals surface area (Å²) in [4.78, 5) is 14.3. The molecule has 0 fully saturated rings. The van der Waals surface area contributed by atoms with E-state index in [4.69, 9.17) is 9.52 Å². The van der Waals surface area contributed by atoms with Crippen LogP contribution in [0, 0.1) is 0 Å². The third-order valence-corrected chi connectivity index (χ3v) is 1.35. The van der Waals surface area contributed by atoms with Gasteiger partial charge in [0.05, 0.1) is 13.3 Å². The maximum atomic E-state index is 10.7. The van der Waals surface area contributed by atoms with Gasteiger partial charge in [-0.05, 0) is 0 Å². The van der Waals surface area contributed by atoms with E-state index >= 15 is 0 Å². The maximum absolute atomic E-state index is 10.7. The number of oxazole rings is 1. The summed E-state index contributed by atoms with van der Waals surface area (Å²) in [6, 6.07) is 0. The molecule has 0 amide bonds. The molecule has 0 aliphatic rings. The largest absolute Gasteiger partial charge is 0.467 e. The number of carbonyl (C=O) groups excluding carboxylic acids is 1. The summed E-state index contributed by atoms with van der Waals surface area (Å²) in [5.41, 5.74) is 0. The molecule has 1 rings (SSSR count). The van der Waals surface area contributed by atoms with E-state index < -0.39 is 12.1 Å². The number of aromatic nitrogens is 1. The number of aliphatic hydroxyl groups is 1. The highest BCUT2D eigenvalue weighted by Crippen LogP contribution is 2.02. The number of nitrogens with zero attached hydrogens (tertiary/aromatic N) is 1. The molecule has 0 spiro atoms. The molecule has 0 bridgehead atoms. The summed E-state index contributed by atoms with van der Waals surface area (Å²) in [7, 11) is 1.21. The number of hydrogen-bond donors (Lipinski definition) is 1. The molecule has 0 aliphatic carbocycles. The smallest absolute Gasteiger partial charge is 0.335 e. The molecule has 0 aliphatic heterocycles. The normalized spacial score (nSPS) is 12.5. The zero-order valence-electron chi connectivity index (χ0n) is 6.56. The number of rotatable bonds is 3. The molecule has 1 N–H and O–H groups in total. The van der Waals surface area contributed by atoms with Crippen LogP contribution in [0.1, 0.15) is 5.76 Å². The van der Waals surface area contributed by atoms with Gasteiger partial charge in [-0.25, -0.2) is 9.78 Å². The first kappa shape index (κ1) is 8.73. The van der Waals surface area contributed by atoms with Crippen LogP contribution in [0.3, 0.4) is 0 Å². The minimum Gasteiger partial charge on any atom is -0.467 e. The lowest BCUT2D eigenvalue weighted by Crippen LogP contribution is -2.23. The lowest BCUT2D eigenvalue weighted by molar-refractivity contribution is -0.150. The van der Waals surface area contributed by atoms with Crippen molar-refractivity contribution < 1.29 is 19.1 Å². The molecule has 5 nitrogen and oxygen atoms in total. The quantitative estimate of drug-likeness (QED) is 0.635. The van der Waals surface area contributed by atoms with Gasteiger partial charge in [0.1, 0.15) is 5.76 Å². The molecule has 12 heavy (non-hydrogen) atoms. The molecule has 1 aromatic rings. The SMILES string of the molecule is COC(=O)C(O)Cc1cnco1. The average molecular weight is 171 g/mol. The van der Waals surface area contributed by atoms with Gasteiger partial charge in [0.25, 0.3) is 0 Å². The fraction of sp³-hybridized carbons (Fsp3) is 0.429. The minimum absolute atomic E-state index is 0.0900. The Labute approximate surface area is 69.0 Å². The number of methoxy groups -OCH3 is 1. The second-order valence-electron chi connectivity index (χ2n) is 2.21. The van der Waals surface area contributed by atoms with Crippen molar-refractivity contribution in [2.75, 3.05) is 7.11 Å². The van der Waals surface area contributed by atoms with Crippen molar-refractivity contribution in [3.63, 3.8) is 0 Å². The Kier molecular flexibility index (Phi) is 2.82. The van der Waals surface area contributed by atoms with Gasteiger partial charge in [-0.1, -0.05) is 0 Å². The maximum Gasteiger partial charge on any atom is 0.335 e. The van der Waals surface area contributed by atoms with E-state index in [9.17, 15) is 4.79 Å².